The van der Waals surface area contributed by atoms with Gasteiger partial charge in [-0.15, -0.1) is 0 Å². The van der Waals surface area contributed by atoms with E-state index in [1.807, 2.05) is 60.0 Å². The van der Waals surface area contributed by atoms with E-state index in [4.69, 9.17) is 9.72 Å². The van der Waals surface area contributed by atoms with Crippen LogP contribution in [0.15, 0.2) is 48.7 Å². The van der Waals surface area contributed by atoms with Gasteiger partial charge in [0.2, 0.25) is 0 Å². The monoisotopic (exact) mass is 321 g/mol. The van der Waals surface area contributed by atoms with Crippen LogP contribution in [-0.2, 0) is 9.53 Å². The van der Waals surface area contributed by atoms with Crippen molar-refractivity contribution in [2.24, 2.45) is 0 Å². The Morgan fingerprint density at radius 1 is 1.25 bits per heavy atom. The first-order valence-electron chi connectivity index (χ1n) is 8.19. The summed E-state index contributed by atoms with van der Waals surface area (Å²) >= 11 is 0. The van der Waals surface area contributed by atoms with Crippen molar-refractivity contribution < 1.29 is 9.53 Å². The summed E-state index contributed by atoms with van der Waals surface area (Å²) < 4.78 is 7.44. The van der Waals surface area contributed by atoms with E-state index in [9.17, 15) is 4.79 Å². The molecule has 4 rings (SSSR count). The number of carbonyl (C=O) groups is 1. The normalized spacial score (nSPS) is 17.3. The number of pyridine rings is 1. The van der Waals surface area contributed by atoms with Gasteiger partial charge in [0.25, 0.3) is 5.91 Å². The Labute approximate surface area is 140 Å². The summed E-state index contributed by atoms with van der Waals surface area (Å²) in [5.74, 6) is 0.591. The van der Waals surface area contributed by atoms with Gasteiger partial charge in [-0.05, 0) is 31.4 Å². The number of carbonyl (C=O) groups excluding carboxylic acids is 1. The van der Waals surface area contributed by atoms with Gasteiger partial charge in [-0.2, -0.15) is 0 Å². The Kier molecular flexibility index (Phi) is 3.78. The summed E-state index contributed by atoms with van der Waals surface area (Å²) in [6.45, 7) is 2.67. The zero-order valence-electron chi connectivity index (χ0n) is 13.5. The molecule has 3 heterocycles. The van der Waals surface area contributed by atoms with Gasteiger partial charge in [0, 0.05) is 18.4 Å². The van der Waals surface area contributed by atoms with Gasteiger partial charge in [0.15, 0.2) is 0 Å². The third-order valence-electron chi connectivity index (χ3n) is 4.36. The summed E-state index contributed by atoms with van der Waals surface area (Å²) in [5, 5.41) is 3.04. The van der Waals surface area contributed by atoms with Crippen LogP contribution in [0.5, 0.6) is 0 Å². The van der Waals surface area contributed by atoms with Crippen LogP contribution in [0.1, 0.15) is 18.4 Å². The summed E-state index contributed by atoms with van der Waals surface area (Å²) in [4.78, 5) is 17.3. The van der Waals surface area contributed by atoms with Crippen molar-refractivity contribution in [1.82, 2.24) is 9.38 Å². The SMILES string of the molecule is Cc1cccn2c(NC(=O)C3CCCO3)c(-c3ccccc3)nc12. The molecule has 0 radical (unpaired) electrons. The number of ether oxygens (including phenoxy) is 1. The Morgan fingerprint density at radius 3 is 2.83 bits per heavy atom. The van der Waals surface area contributed by atoms with Gasteiger partial charge in [-0.1, -0.05) is 36.4 Å². The van der Waals surface area contributed by atoms with Gasteiger partial charge in [-0.3, -0.25) is 9.20 Å². The smallest absolute Gasteiger partial charge is 0.254 e. The molecule has 0 saturated carbocycles. The molecule has 3 aromatic rings. The minimum absolute atomic E-state index is 0.104. The Morgan fingerprint density at radius 2 is 2.08 bits per heavy atom. The maximum absolute atomic E-state index is 12.5. The highest BCUT2D eigenvalue weighted by Gasteiger charge is 2.26. The molecule has 1 amide bonds. The Balaban J connectivity index is 1.82. The molecular weight excluding hydrogens is 302 g/mol. The standard InChI is InChI=1S/C19H19N3O2/c1-13-7-5-11-22-17(13)20-16(14-8-3-2-4-9-14)18(22)21-19(23)15-10-6-12-24-15/h2-5,7-9,11,15H,6,10,12H2,1H3,(H,21,23). The van der Waals surface area contributed by atoms with Crippen molar-refractivity contribution in [1.29, 1.82) is 0 Å². The molecule has 0 aliphatic carbocycles. The Hall–Kier alpha value is -2.66. The van der Waals surface area contributed by atoms with Crippen molar-refractivity contribution in [2.45, 2.75) is 25.9 Å². The van der Waals surface area contributed by atoms with Crippen molar-refractivity contribution in [3.8, 4) is 11.3 Å². The van der Waals surface area contributed by atoms with E-state index < -0.39 is 0 Å². The first-order valence-corrected chi connectivity index (χ1v) is 8.19. The van der Waals surface area contributed by atoms with Gasteiger partial charge in [0.05, 0.1) is 0 Å². The summed E-state index contributed by atoms with van der Waals surface area (Å²) in [6, 6.07) is 13.9. The highest BCUT2D eigenvalue weighted by atomic mass is 16.5. The fraction of sp³-hybridized carbons (Fsp3) is 0.263. The first kappa shape index (κ1) is 14.9. The number of hydrogen-bond donors (Lipinski definition) is 1. The molecule has 0 bridgehead atoms. The molecule has 1 aromatic carbocycles. The lowest BCUT2D eigenvalue weighted by molar-refractivity contribution is -0.124. The fourth-order valence-electron chi connectivity index (χ4n) is 3.10. The number of benzene rings is 1. The maximum atomic E-state index is 12.5. The molecule has 1 aliphatic heterocycles. The summed E-state index contributed by atoms with van der Waals surface area (Å²) in [7, 11) is 0. The molecule has 5 nitrogen and oxygen atoms in total. The third-order valence-corrected chi connectivity index (χ3v) is 4.36. The van der Waals surface area contributed by atoms with Crippen molar-refractivity contribution in [3.05, 3.63) is 54.2 Å². The molecule has 1 N–H and O–H groups in total. The van der Waals surface area contributed by atoms with Crippen LogP contribution in [0, 0.1) is 6.92 Å². The maximum Gasteiger partial charge on any atom is 0.254 e. The first-order chi connectivity index (χ1) is 11.7. The van der Waals surface area contributed by atoms with E-state index in [2.05, 4.69) is 5.32 Å². The van der Waals surface area contributed by atoms with Gasteiger partial charge in [0.1, 0.15) is 23.3 Å². The molecular formula is C19H19N3O2. The van der Waals surface area contributed by atoms with E-state index in [1.54, 1.807) is 0 Å². The van der Waals surface area contributed by atoms with Crippen LogP contribution in [-0.4, -0.2) is 28.0 Å². The number of fused-ring (bicyclic) bond motifs is 1. The average Bonchev–Trinajstić information content (AvgIpc) is 3.25. The zero-order chi connectivity index (χ0) is 16.5. The molecule has 0 spiro atoms. The van der Waals surface area contributed by atoms with Crippen LogP contribution >= 0.6 is 0 Å². The summed E-state index contributed by atoms with van der Waals surface area (Å²) in [5.41, 5.74) is 3.66. The van der Waals surface area contributed by atoms with Crippen molar-refractivity contribution >= 4 is 17.4 Å². The van der Waals surface area contributed by atoms with E-state index in [0.29, 0.717) is 12.4 Å². The van der Waals surface area contributed by atoms with Gasteiger partial charge < -0.3 is 10.1 Å². The lowest BCUT2D eigenvalue weighted by Gasteiger charge is -2.12. The molecule has 1 saturated heterocycles. The van der Waals surface area contributed by atoms with Crippen LogP contribution in [0.25, 0.3) is 16.9 Å². The quantitative estimate of drug-likeness (QED) is 0.804. The van der Waals surface area contributed by atoms with E-state index in [-0.39, 0.29) is 12.0 Å². The van der Waals surface area contributed by atoms with Crippen LogP contribution < -0.4 is 5.32 Å². The predicted octanol–water partition coefficient (Wildman–Crippen LogP) is 3.43. The highest BCUT2D eigenvalue weighted by Crippen LogP contribution is 2.30. The number of anilines is 1. The van der Waals surface area contributed by atoms with Gasteiger partial charge >= 0.3 is 0 Å². The lowest BCUT2D eigenvalue weighted by atomic mass is 10.1. The number of imidazole rings is 1. The summed E-state index contributed by atoms with van der Waals surface area (Å²) in [6.07, 6.45) is 3.24. The molecule has 5 heteroatoms. The van der Waals surface area contributed by atoms with Crippen molar-refractivity contribution in [2.75, 3.05) is 11.9 Å². The van der Waals surface area contributed by atoms with E-state index in [1.165, 1.54) is 0 Å². The number of nitrogens with one attached hydrogen (secondary N) is 1. The molecule has 1 fully saturated rings. The number of aryl methyl sites for hydroxylation is 1. The average molecular weight is 321 g/mol. The molecule has 1 aliphatic rings. The minimum atomic E-state index is -0.371. The molecule has 24 heavy (non-hydrogen) atoms. The van der Waals surface area contributed by atoms with E-state index in [0.717, 1.165) is 35.3 Å². The minimum Gasteiger partial charge on any atom is -0.368 e. The second-order valence-corrected chi connectivity index (χ2v) is 6.05. The Bertz CT molecular complexity index is 880. The number of nitrogens with zero attached hydrogens (tertiary/aromatic N) is 2. The van der Waals surface area contributed by atoms with Crippen LogP contribution in [0.2, 0.25) is 0 Å². The molecule has 122 valence electrons. The fourth-order valence-corrected chi connectivity index (χ4v) is 3.10. The largest absolute Gasteiger partial charge is 0.368 e. The van der Waals surface area contributed by atoms with Crippen LogP contribution in [0.3, 0.4) is 0 Å². The number of hydrogen-bond acceptors (Lipinski definition) is 3. The number of aromatic nitrogens is 2. The van der Waals surface area contributed by atoms with Crippen LogP contribution in [0.4, 0.5) is 5.82 Å². The lowest BCUT2D eigenvalue weighted by Crippen LogP contribution is -2.27. The second-order valence-electron chi connectivity index (χ2n) is 6.05. The third kappa shape index (κ3) is 2.57. The number of amides is 1. The molecule has 1 unspecified atom stereocenters. The predicted molar refractivity (Wildman–Crippen MR) is 93.0 cm³/mol. The second kappa shape index (κ2) is 6.09. The number of rotatable bonds is 3. The highest BCUT2D eigenvalue weighted by molar-refractivity contribution is 5.97. The molecule has 2 aromatic heterocycles. The van der Waals surface area contributed by atoms with Crippen molar-refractivity contribution in [3.63, 3.8) is 0 Å². The van der Waals surface area contributed by atoms with Gasteiger partial charge in [-0.25, -0.2) is 4.98 Å². The topological polar surface area (TPSA) is 55.6 Å². The van der Waals surface area contributed by atoms with E-state index >= 15 is 0 Å². The zero-order valence-corrected chi connectivity index (χ0v) is 13.5. The molecule has 1 atom stereocenters.